The Morgan fingerprint density at radius 1 is 1.37 bits per heavy atom. The topological polar surface area (TPSA) is 55.8 Å². The summed E-state index contributed by atoms with van der Waals surface area (Å²) in [4.78, 5) is 11.1. The van der Waals surface area contributed by atoms with Crippen molar-refractivity contribution in [2.45, 2.75) is 25.2 Å². The quantitative estimate of drug-likeness (QED) is 0.789. The molecule has 1 aromatic carbocycles. The Morgan fingerprint density at radius 2 is 2.11 bits per heavy atom. The first-order valence-electron chi connectivity index (χ1n) is 6.54. The summed E-state index contributed by atoms with van der Waals surface area (Å²) in [5.41, 5.74) is 1.09. The van der Waals surface area contributed by atoms with E-state index in [0.29, 0.717) is 19.6 Å². The molecule has 4 nitrogen and oxygen atoms in total. The van der Waals surface area contributed by atoms with Gasteiger partial charge in [-0.25, -0.2) is 0 Å². The number of aliphatic hydroxyl groups is 1. The zero-order valence-electron chi connectivity index (χ0n) is 11.1. The molecule has 1 aromatic rings. The van der Waals surface area contributed by atoms with Gasteiger partial charge in [-0.05, 0) is 5.56 Å². The summed E-state index contributed by atoms with van der Waals surface area (Å²) in [5.74, 6) is -0.457. The van der Waals surface area contributed by atoms with Crippen molar-refractivity contribution < 1.29 is 19.4 Å². The molecule has 0 spiro atoms. The third-order valence-corrected chi connectivity index (χ3v) is 3.71. The van der Waals surface area contributed by atoms with E-state index in [2.05, 4.69) is 0 Å². The highest BCUT2D eigenvalue weighted by Gasteiger charge is 2.43. The number of hydrogen-bond donors (Lipinski definition) is 1. The van der Waals surface area contributed by atoms with Gasteiger partial charge in [0.05, 0.1) is 25.4 Å². The zero-order chi connectivity index (χ0) is 13.7. The highest BCUT2D eigenvalue weighted by molar-refractivity contribution is 5.56. The van der Waals surface area contributed by atoms with Crippen molar-refractivity contribution in [3.8, 4) is 0 Å². The number of ether oxygens (including phenoxy) is 2. The predicted molar refractivity (Wildman–Crippen MR) is 70.6 cm³/mol. The number of hydrogen-bond acceptors (Lipinski definition) is 4. The molecular weight excluding hydrogens is 244 g/mol. The fraction of sp³-hybridized carbons (Fsp3) is 0.533. The standard InChI is InChI=1S/C15H20O4/c1-18-10-13-12(8-16)14(17)7-15(13)19-9-11-5-3-2-4-6-11/h2-6,8,12-15,17H,7,9-10H2,1H3/t12-,13-,14+,15-/m0/s1. The summed E-state index contributed by atoms with van der Waals surface area (Å²) >= 11 is 0. The molecule has 104 valence electrons. The van der Waals surface area contributed by atoms with E-state index >= 15 is 0 Å². The molecule has 2 rings (SSSR count). The molecule has 1 aliphatic rings. The van der Waals surface area contributed by atoms with Gasteiger partial charge >= 0.3 is 0 Å². The summed E-state index contributed by atoms with van der Waals surface area (Å²) in [7, 11) is 1.60. The number of aldehydes is 1. The molecule has 0 saturated heterocycles. The second-order valence-electron chi connectivity index (χ2n) is 4.97. The first kappa shape index (κ1) is 14.2. The first-order chi connectivity index (χ1) is 9.26. The van der Waals surface area contributed by atoms with Crippen LogP contribution in [-0.4, -0.2) is 37.3 Å². The summed E-state index contributed by atoms with van der Waals surface area (Å²) in [6.45, 7) is 0.921. The van der Waals surface area contributed by atoms with Gasteiger partial charge in [-0.1, -0.05) is 30.3 Å². The number of rotatable bonds is 6. The molecule has 0 aliphatic heterocycles. The van der Waals surface area contributed by atoms with Crippen LogP contribution in [0.2, 0.25) is 0 Å². The van der Waals surface area contributed by atoms with Crippen LogP contribution in [0.15, 0.2) is 30.3 Å². The maximum atomic E-state index is 11.1. The third kappa shape index (κ3) is 3.41. The Hall–Kier alpha value is -1.23. The van der Waals surface area contributed by atoms with Crippen molar-refractivity contribution in [2.75, 3.05) is 13.7 Å². The van der Waals surface area contributed by atoms with E-state index in [1.807, 2.05) is 30.3 Å². The van der Waals surface area contributed by atoms with Crippen molar-refractivity contribution >= 4 is 6.29 Å². The fourth-order valence-corrected chi connectivity index (χ4v) is 2.67. The lowest BCUT2D eigenvalue weighted by atomic mass is 9.96. The molecule has 0 aromatic heterocycles. The summed E-state index contributed by atoms with van der Waals surface area (Å²) in [6.07, 6.45) is 0.550. The monoisotopic (exact) mass is 264 g/mol. The van der Waals surface area contributed by atoms with Crippen molar-refractivity contribution in [3.05, 3.63) is 35.9 Å². The van der Waals surface area contributed by atoms with Crippen LogP contribution in [-0.2, 0) is 20.9 Å². The van der Waals surface area contributed by atoms with E-state index in [-0.39, 0.29) is 17.9 Å². The van der Waals surface area contributed by atoms with E-state index in [0.717, 1.165) is 11.8 Å². The fourth-order valence-electron chi connectivity index (χ4n) is 2.67. The molecule has 0 amide bonds. The number of aliphatic hydroxyl groups excluding tert-OH is 1. The van der Waals surface area contributed by atoms with Crippen LogP contribution in [0.3, 0.4) is 0 Å². The highest BCUT2D eigenvalue weighted by Crippen LogP contribution is 2.34. The van der Waals surface area contributed by atoms with Gasteiger partial charge in [0.2, 0.25) is 0 Å². The number of carbonyl (C=O) groups is 1. The van der Waals surface area contributed by atoms with Gasteiger partial charge in [0, 0.05) is 25.4 Å². The average Bonchev–Trinajstić information content (AvgIpc) is 2.74. The zero-order valence-corrected chi connectivity index (χ0v) is 11.1. The normalized spacial score (nSPS) is 30.4. The van der Waals surface area contributed by atoms with Gasteiger partial charge < -0.3 is 19.4 Å². The molecular formula is C15H20O4. The smallest absolute Gasteiger partial charge is 0.126 e. The summed E-state index contributed by atoms with van der Waals surface area (Å²) < 4.78 is 11.0. The maximum absolute atomic E-state index is 11.1. The van der Waals surface area contributed by atoms with Crippen LogP contribution < -0.4 is 0 Å². The molecule has 19 heavy (non-hydrogen) atoms. The minimum Gasteiger partial charge on any atom is -0.392 e. The van der Waals surface area contributed by atoms with Crippen LogP contribution in [0.1, 0.15) is 12.0 Å². The predicted octanol–water partition coefficient (Wildman–Crippen LogP) is 1.41. The molecule has 0 heterocycles. The minimum absolute atomic E-state index is 0.0683. The van der Waals surface area contributed by atoms with E-state index in [4.69, 9.17) is 9.47 Å². The Morgan fingerprint density at radius 3 is 2.74 bits per heavy atom. The molecule has 1 aliphatic carbocycles. The van der Waals surface area contributed by atoms with Crippen LogP contribution in [0.25, 0.3) is 0 Å². The molecule has 0 unspecified atom stereocenters. The Bertz CT molecular complexity index is 392. The lowest BCUT2D eigenvalue weighted by molar-refractivity contribution is -0.116. The van der Waals surface area contributed by atoms with Crippen molar-refractivity contribution in [1.29, 1.82) is 0 Å². The van der Waals surface area contributed by atoms with Gasteiger partial charge in [0.15, 0.2) is 0 Å². The maximum Gasteiger partial charge on any atom is 0.126 e. The SMILES string of the molecule is COC[C@H]1[C@H](C=O)[C@H](O)C[C@@H]1OCc1ccccc1. The largest absolute Gasteiger partial charge is 0.392 e. The molecule has 4 atom stereocenters. The van der Waals surface area contributed by atoms with Crippen LogP contribution >= 0.6 is 0 Å². The molecule has 4 heteroatoms. The number of carbonyl (C=O) groups excluding carboxylic acids is 1. The van der Waals surface area contributed by atoms with Gasteiger partial charge in [0.1, 0.15) is 6.29 Å². The Balaban J connectivity index is 1.96. The minimum atomic E-state index is -0.626. The summed E-state index contributed by atoms with van der Waals surface area (Å²) in [5, 5.41) is 9.89. The number of benzene rings is 1. The molecule has 0 bridgehead atoms. The van der Waals surface area contributed by atoms with E-state index < -0.39 is 6.10 Å². The van der Waals surface area contributed by atoms with E-state index in [9.17, 15) is 9.90 Å². The molecule has 1 fully saturated rings. The second kappa shape index (κ2) is 6.80. The van der Waals surface area contributed by atoms with Gasteiger partial charge in [-0.2, -0.15) is 0 Å². The molecule has 1 saturated carbocycles. The van der Waals surface area contributed by atoms with Crippen LogP contribution in [0.4, 0.5) is 0 Å². The second-order valence-corrected chi connectivity index (χ2v) is 4.97. The van der Waals surface area contributed by atoms with Crippen molar-refractivity contribution in [1.82, 2.24) is 0 Å². The van der Waals surface area contributed by atoms with Crippen LogP contribution in [0, 0.1) is 11.8 Å². The van der Waals surface area contributed by atoms with Crippen molar-refractivity contribution in [3.63, 3.8) is 0 Å². The van der Waals surface area contributed by atoms with E-state index in [1.54, 1.807) is 7.11 Å². The lowest BCUT2D eigenvalue weighted by Gasteiger charge is -2.21. The first-order valence-corrected chi connectivity index (χ1v) is 6.54. The Kier molecular flexibility index (Phi) is 5.07. The Labute approximate surface area is 113 Å². The van der Waals surface area contributed by atoms with Crippen molar-refractivity contribution in [2.24, 2.45) is 11.8 Å². The lowest BCUT2D eigenvalue weighted by Crippen LogP contribution is -2.28. The highest BCUT2D eigenvalue weighted by atomic mass is 16.5. The third-order valence-electron chi connectivity index (χ3n) is 3.71. The average molecular weight is 264 g/mol. The van der Waals surface area contributed by atoms with E-state index in [1.165, 1.54) is 0 Å². The molecule has 1 N–H and O–H groups in total. The van der Waals surface area contributed by atoms with Gasteiger partial charge in [-0.3, -0.25) is 0 Å². The van der Waals surface area contributed by atoms with Gasteiger partial charge in [0.25, 0.3) is 0 Å². The molecule has 0 radical (unpaired) electrons. The van der Waals surface area contributed by atoms with Gasteiger partial charge in [-0.15, -0.1) is 0 Å². The number of methoxy groups -OCH3 is 1. The summed E-state index contributed by atoms with van der Waals surface area (Å²) in [6, 6.07) is 9.87. The van der Waals surface area contributed by atoms with Crippen LogP contribution in [0.5, 0.6) is 0 Å².